The van der Waals surface area contributed by atoms with E-state index in [9.17, 15) is 4.79 Å². The number of nitrogens with one attached hydrogen (secondary N) is 1. The molecule has 0 unspecified atom stereocenters. The Bertz CT molecular complexity index is 1180. The molecule has 0 saturated carbocycles. The summed E-state index contributed by atoms with van der Waals surface area (Å²) in [6, 6.07) is 19.1. The molecular formula is C22H16Cl2N2O2S. The van der Waals surface area contributed by atoms with Crippen LogP contribution >= 0.6 is 34.5 Å². The largest absolute Gasteiger partial charge is 0.484 e. The first-order valence-electron chi connectivity index (χ1n) is 8.87. The second kappa shape index (κ2) is 8.82. The SMILES string of the molecule is O=C(COc1ccc2ccccc2c1)Nc1ncc(Cc2ccc(Cl)cc2Cl)s1. The molecule has 0 fully saturated rings. The van der Waals surface area contributed by atoms with Gasteiger partial charge in [-0.25, -0.2) is 4.98 Å². The third-order valence-electron chi connectivity index (χ3n) is 4.27. The van der Waals surface area contributed by atoms with Crippen LogP contribution in [0.25, 0.3) is 10.8 Å². The lowest BCUT2D eigenvalue weighted by Crippen LogP contribution is -2.19. The van der Waals surface area contributed by atoms with E-state index >= 15 is 0 Å². The molecule has 146 valence electrons. The maximum atomic E-state index is 12.2. The quantitative estimate of drug-likeness (QED) is 0.385. The number of amides is 1. The Kier molecular flexibility index (Phi) is 6.00. The maximum absolute atomic E-state index is 12.2. The van der Waals surface area contributed by atoms with Crippen molar-refractivity contribution in [3.8, 4) is 5.75 Å². The van der Waals surface area contributed by atoms with Crippen molar-refractivity contribution in [3.05, 3.63) is 87.3 Å². The number of carbonyl (C=O) groups excluding carboxylic acids is 1. The van der Waals surface area contributed by atoms with Crippen molar-refractivity contribution in [3.63, 3.8) is 0 Å². The fourth-order valence-electron chi connectivity index (χ4n) is 2.86. The third kappa shape index (κ3) is 5.07. The highest BCUT2D eigenvalue weighted by Gasteiger charge is 2.10. The van der Waals surface area contributed by atoms with E-state index in [2.05, 4.69) is 10.3 Å². The van der Waals surface area contributed by atoms with Gasteiger partial charge in [-0.1, -0.05) is 59.6 Å². The number of anilines is 1. The van der Waals surface area contributed by atoms with Gasteiger partial charge in [0, 0.05) is 27.5 Å². The van der Waals surface area contributed by atoms with Crippen molar-refractivity contribution in [1.29, 1.82) is 0 Å². The minimum Gasteiger partial charge on any atom is -0.484 e. The number of nitrogens with zero attached hydrogens (tertiary/aromatic N) is 1. The average molecular weight is 443 g/mol. The van der Waals surface area contributed by atoms with Crippen LogP contribution in [0.4, 0.5) is 5.13 Å². The van der Waals surface area contributed by atoms with Crippen LogP contribution in [-0.2, 0) is 11.2 Å². The first-order chi connectivity index (χ1) is 14.1. The smallest absolute Gasteiger partial charge is 0.264 e. The van der Waals surface area contributed by atoms with Crippen LogP contribution in [0.5, 0.6) is 5.75 Å². The zero-order valence-corrected chi connectivity index (χ0v) is 17.5. The summed E-state index contributed by atoms with van der Waals surface area (Å²) in [5.41, 5.74) is 0.956. The van der Waals surface area contributed by atoms with E-state index in [1.54, 1.807) is 18.3 Å². The molecule has 0 radical (unpaired) electrons. The maximum Gasteiger partial charge on any atom is 0.264 e. The van der Waals surface area contributed by atoms with Crippen molar-refractivity contribution in [1.82, 2.24) is 4.98 Å². The third-order valence-corrected chi connectivity index (χ3v) is 5.77. The number of ether oxygens (including phenoxy) is 1. The molecular weight excluding hydrogens is 427 g/mol. The van der Waals surface area contributed by atoms with Gasteiger partial charge in [0.2, 0.25) is 0 Å². The highest BCUT2D eigenvalue weighted by Crippen LogP contribution is 2.27. The van der Waals surface area contributed by atoms with Crippen LogP contribution in [0, 0.1) is 0 Å². The normalized spacial score (nSPS) is 10.8. The number of thiazole rings is 1. The van der Waals surface area contributed by atoms with Crippen molar-refractivity contribution in [2.75, 3.05) is 11.9 Å². The van der Waals surface area contributed by atoms with E-state index in [0.29, 0.717) is 27.3 Å². The zero-order chi connectivity index (χ0) is 20.2. The average Bonchev–Trinajstić information content (AvgIpc) is 3.15. The summed E-state index contributed by atoms with van der Waals surface area (Å²) in [6.07, 6.45) is 2.35. The lowest BCUT2D eigenvalue weighted by molar-refractivity contribution is -0.118. The first-order valence-corrected chi connectivity index (χ1v) is 10.4. The van der Waals surface area contributed by atoms with Gasteiger partial charge in [0.25, 0.3) is 5.91 Å². The molecule has 29 heavy (non-hydrogen) atoms. The van der Waals surface area contributed by atoms with Crippen LogP contribution in [0.1, 0.15) is 10.4 Å². The molecule has 1 amide bonds. The van der Waals surface area contributed by atoms with E-state index in [1.807, 2.05) is 48.5 Å². The van der Waals surface area contributed by atoms with Crippen LogP contribution in [0.3, 0.4) is 0 Å². The molecule has 1 aromatic heterocycles. The zero-order valence-electron chi connectivity index (χ0n) is 15.2. The van der Waals surface area contributed by atoms with E-state index in [0.717, 1.165) is 21.2 Å². The summed E-state index contributed by atoms with van der Waals surface area (Å²) in [7, 11) is 0. The number of rotatable bonds is 6. The van der Waals surface area contributed by atoms with E-state index in [-0.39, 0.29) is 12.5 Å². The van der Waals surface area contributed by atoms with Gasteiger partial charge in [-0.05, 0) is 40.6 Å². The molecule has 0 saturated heterocycles. The summed E-state index contributed by atoms with van der Waals surface area (Å²) >= 11 is 13.6. The van der Waals surface area contributed by atoms with Gasteiger partial charge in [0.15, 0.2) is 11.7 Å². The Morgan fingerprint density at radius 2 is 1.86 bits per heavy atom. The number of fused-ring (bicyclic) bond motifs is 1. The van der Waals surface area contributed by atoms with Gasteiger partial charge in [-0.15, -0.1) is 11.3 Å². The van der Waals surface area contributed by atoms with Crippen molar-refractivity contribution >= 4 is 56.3 Å². The Labute approximate surface area is 182 Å². The molecule has 0 atom stereocenters. The topological polar surface area (TPSA) is 51.2 Å². The molecule has 0 aliphatic rings. The number of benzene rings is 3. The Hall–Kier alpha value is -2.60. The minimum absolute atomic E-state index is 0.0870. The Morgan fingerprint density at radius 3 is 2.69 bits per heavy atom. The molecule has 0 aliphatic carbocycles. The van der Waals surface area contributed by atoms with Crippen LogP contribution in [0.15, 0.2) is 66.9 Å². The first kappa shape index (κ1) is 19.7. The standard InChI is InChI=1S/C22H16Cl2N2O2S/c23-17-7-5-16(20(24)11-17)10-19-12-25-22(29-19)26-21(27)13-28-18-8-6-14-3-1-2-4-15(14)9-18/h1-9,11-12H,10,13H2,(H,25,26,27). The lowest BCUT2D eigenvalue weighted by Gasteiger charge is -2.07. The summed E-state index contributed by atoms with van der Waals surface area (Å²) < 4.78 is 5.61. The molecule has 4 rings (SSSR count). The lowest BCUT2D eigenvalue weighted by atomic mass is 10.1. The molecule has 0 aliphatic heterocycles. The van der Waals surface area contributed by atoms with Crippen LogP contribution < -0.4 is 10.1 Å². The van der Waals surface area contributed by atoms with Gasteiger partial charge in [-0.3, -0.25) is 10.1 Å². The van der Waals surface area contributed by atoms with Gasteiger partial charge < -0.3 is 4.74 Å². The van der Waals surface area contributed by atoms with Crippen LogP contribution in [-0.4, -0.2) is 17.5 Å². The molecule has 0 bridgehead atoms. The summed E-state index contributed by atoms with van der Waals surface area (Å²) in [6.45, 7) is -0.0870. The highest BCUT2D eigenvalue weighted by atomic mass is 35.5. The molecule has 1 N–H and O–H groups in total. The molecule has 4 nitrogen and oxygen atoms in total. The monoisotopic (exact) mass is 442 g/mol. The van der Waals surface area contributed by atoms with Crippen LogP contribution in [0.2, 0.25) is 10.0 Å². The fraction of sp³-hybridized carbons (Fsp3) is 0.0909. The number of hydrogen-bond acceptors (Lipinski definition) is 4. The van der Waals surface area contributed by atoms with Crippen molar-refractivity contribution in [2.24, 2.45) is 0 Å². The number of aromatic nitrogens is 1. The van der Waals surface area contributed by atoms with Crippen molar-refractivity contribution in [2.45, 2.75) is 6.42 Å². The Morgan fingerprint density at radius 1 is 1.03 bits per heavy atom. The van der Waals surface area contributed by atoms with E-state index in [1.165, 1.54) is 11.3 Å². The minimum atomic E-state index is -0.261. The predicted octanol–water partition coefficient (Wildman–Crippen LogP) is 6.21. The van der Waals surface area contributed by atoms with Gasteiger partial charge in [0.1, 0.15) is 5.75 Å². The molecule has 4 aromatic rings. The predicted molar refractivity (Wildman–Crippen MR) is 119 cm³/mol. The number of hydrogen-bond donors (Lipinski definition) is 1. The van der Waals surface area contributed by atoms with Gasteiger partial charge >= 0.3 is 0 Å². The molecule has 3 aromatic carbocycles. The highest BCUT2D eigenvalue weighted by molar-refractivity contribution is 7.15. The Balaban J connectivity index is 1.33. The van der Waals surface area contributed by atoms with Gasteiger partial charge in [-0.2, -0.15) is 0 Å². The number of carbonyl (C=O) groups is 1. The summed E-state index contributed by atoms with van der Waals surface area (Å²) in [4.78, 5) is 17.4. The molecule has 7 heteroatoms. The second-order valence-electron chi connectivity index (χ2n) is 6.39. The second-order valence-corrected chi connectivity index (χ2v) is 8.35. The van der Waals surface area contributed by atoms with E-state index < -0.39 is 0 Å². The number of halogens is 2. The molecule has 0 spiro atoms. The van der Waals surface area contributed by atoms with Gasteiger partial charge in [0.05, 0.1) is 0 Å². The fourth-order valence-corrected chi connectivity index (χ4v) is 4.19. The van der Waals surface area contributed by atoms with Crippen molar-refractivity contribution < 1.29 is 9.53 Å². The summed E-state index contributed by atoms with van der Waals surface area (Å²) in [5, 5.41) is 6.70. The van der Waals surface area contributed by atoms with E-state index in [4.69, 9.17) is 27.9 Å². The molecule has 1 heterocycles. The summed E-state index contributed by atoms with van der Waals surface area (Å²) in [5.74, 6) is 0.389.